The van der Waals surface area contributed by atoms with Crippen molar-refractivity contribution >= 4 is 12.1 Å². The van der Waals surface area contributed by atoms with Crippen LogP contribution in [0.25, 0.3) is 0 Å². The Morgan fingerprint density at radius 1 is 1.00 bits per heavy atom. The molecule has 128 valence electrons. The second kappa shape index (κ2) is 6.59. The van der Waals surface area contributed by atoms with Gasteiger partial charge in [-0.1, -0.05) is 60.7 Å². The Morgan fingerprint density at radius 2 is 1.60 bits per heavy atom. The lowest BCUT2D eigenvalue weighted by molar-refractivity contribution is -0.153. The van der Waals surface area contributed by atoms with Gasteiger partial charge in [0.2, 0.25) is 0 Å². The highest BCUT2D eigenvalue weighted by molar-refractivity contribution is 5.83. The van der Waals surface area contributed by atoms with Crippen molar-refractivity contribution in [2.45, 2.75) is 31.1 Å². The fourth-order valence-corrected chi connectivity index (χ4v) is 3.47. The smallest absolute Gasteiger partial charge is 0.410 e. The van der Waals surface area contributed by atoms with Gasteiger partial charge in [0, 0.05) is 0 Å². The fraction of sp³-hybridized carbons (Fsp3) is 0.300. The topological polar surface area (TPSA) is 55.8 Å². The standard InChI is InChI=1S/C20H19NO4/c22-19(17-12-11-16-13-21(17)20(23)24-16)25-18(14-7-3-1-4-8-14)15-9-5-2-6-10-15/h1-10,16-18H,11-13H2/t16-,17?/m1/s1. The molecule has 1 amide bonds. The lowest BCUT2D eigenvalue weighted by Gasteiger charge is -2.29. The van der Waals surface area contributed by atoms with E-state index in [4.69, 9.17) is 9.47 Å². The van der Waals surface area contributed by atoms with Gasteiger partial charge in [0.25, 0.3) is 0 Å². The highest BCUT2D eigenvalue weighted by Gasteiger charge is 2.45. The minimum atomic E-state index is -0.568. The van der Waals surface area contributed by atoms with Crippen molar-refractivity contribution in [2.24, 2.45) is 0 Å². The number of benzene rings is 2. The zero-order valence-corrected chi connectivity index (χ0v) is 13.7. The van der Waals surface area contributed by atoms with Crippen LogP contribution in [0.3, 0.4) is 0 Å². The van der Waals surface area contributed by atoms with Gasteiger partial charge in [0.15, 0.2) is 6.10 Å². The number of rotatable bonds is 4. The van der Waals surface area contributed by atoms with Crippen LogP contribution in [0.5, 0.6) is 0 Å². The first-order chi connectivity index (χ1) is 12.2. The van der Waals surface area contributed by atoms with Gasteiger partial charge in [-0.2, -0.15) is 0 Å². The molecule has 2 aromatic rings. The van der Waals surface area contributed by atoms with E-state index in [1.54, 1.807) is 0 Å². The number of amides is 1. The first-order valence-corrected chi connectivity index (χ1v) is 8.50. The van der Waals surface area contributed by atoms with Gasteiger partial charge >= 0.3 is 12.1 Å². The van der Waals surface area contributed by atoms with Gasteiger partial charge in [-0.3, -0.25) is 4.90 Å². The molecule has 0 N–H and O–H groups in total. The van der Waals surface area contributed by atoms with Gasteiger partial charge in [0.1, 0.15) is 12.1 Å². The summed E-state index contributed by atoms with van der Waals surface area (Å²) < 4.78 is 11.1. The molecule has 2 aliphatic rings. The summed E-state index contributed by atoms with van der Waals surface area (Å²) in [7, 11) is 0. The van der Waals surface area contributed by atoms with Crippen molar-refractivity contribution in [1.29, 1.82) is 0 Å². The SMILES string of the molecule is O=C(OC(c1ccccc1)c1ccccc1)C1CC[C@@H]2CN1C(=O)O2. The van der Waals surface area contributed by atoms with Crippen molar-refractivity contribution in [3.05, 3.63) is 71.8 Å². The maximum absolute atomic E-state index is 12.8. The molecule has 2 atom stereocenters. The molecule has 0 aliphatic carbocycles. The normalized spacial score (nSPS) is 22.0. The molecule has 0 saturated carbocycles. The predicted octanol–water partition coefficient (Wildman–Crippen LogP) is 3.30. The van der Waals surface area contributed by atoms with Crippen LogP contribution in [-0.2, 0) is 14.3 Å². The maximum Gasteiger partial charge on any atom is 0.410 e. The van der Waals surface area contributed by atoms with Gasteiger partial charge in [0.05, 0.1) is 6.54 Å². The Bertz CT molecular complexity index is 722. The van der Waals surface area contributed by atoms with E-state index >= 15 is 0 Å². The van der Waals surface area contributed by atoms with E-state index < -0.39 is 18.2 Å². The van der Waals surface area contributed by atoms with E-state index in [9.17, 15) is 9.59 Å². The third-order valence-electron chi connectivity index (χ3n) is 4.75. The molecule has 1 unspecified atom stereocenters. The monoisotopic (exact) mass is 337 g/mol. The Morgan fingerprint density at radius 3 is 2.20 bits per heavy atom. The number of nitrogens with zero attached hydrogens (tertiary/aromatic N) is 1. The molecule has 0 radical (unpaired) electrons. The van der Waals surface area contributed by atoms with Crippen molar-refractivity contribution in [3.8, 4) is 0 Å². The first kappa shape index (κ1) is 15.7. The number of piperidine rings is 1. The summed E-state index contributed by atoms with van der Waals surface area (Å²) in [5.74, 6) is -0.380. The van der Waals surface area contributed by atoms with E-state index in [2.05, 4.69) is 0 Å². The molecule has 5 heteroatoms. The predicted molar refractivity (Wildman–Crippen MR) is 90.8 cm³/mol. The molecule has 4 rings (SSSR count). The number of ether oxygens (including phenoxy) is 2. The number of carbonyl (C=O) groups excluding carboxylic acids is 2. The van der Waals surface area contributed by atoms with Gasteiger partial charge in [-0.25, -0.2) is 9.59 Å². The third kappa shape index (κ3) is 3.09. The highest BCUT2D eigenvalue weighted by Crippen LogP contribution is 2.31. The molecule has 0 aromatic heterocycles. The second-order valence-corrected chi connectivity index (χ2v) is 6.39. The minimum absolute atomic E-state index is 0.0874. The minimum Gasteiger partial charge on any atom is -0.451 e. The number of carbonyl (C=O) groups is 2. The summed E-state index contributed by atoms with van der Waals surface area (Å²) in [6, 6.07) is 18.7. The van der Waals surface area contributed by atoms with E-state index in [0.29, 0.717) is 19.4 Å². The largest absolute Gasteiger partial charge is 0.451 e. The fourth-order valence-electron chi connectivity index (χ4n) is 3.47. The summed E-state index contributed by atoms with van der Waals surface area (Å²) in [4.78, 5) is 26.2. The lowest BCUT2D eigenvalue weighted by Crippen LogP contribution is -2.46. The zero-order chi connectivity index (χ0) is 17.2. The zero-order valence-electron chi connectivity index (χ0n) is 13.7. The third-order valence-corrected chi connectivity index (χ3v) is 4.75. The number of hydrogen-bond donors (Lipinski definition) is 0. The van der Waals surface area contributed by atoms with E-state index in [-0.39, 0.29) is 12.1 Å². The average molecular weight is 337 g/mol. The quantitative estimate of drug-likeness (QED) is 0.803. The van der Waals surface area contributed by atoms with Crippen LogP contribution >= 0.6 is 0 Å². The molecule has 2 fully saturated rings. The summed E-state index contributed by atoms with van der Waals surface area (Å²) in [6.07, 6.45) is 0.275. The maximum atomic E-state index is 12.8. The number of hydrogen-bond acceptors (Lipinski definition) is 4. The van der Waals surface area contributed by atoms with Crippen LogP contribution in [0.15, 0.2) is 60.7 Å². The highest BCUT2D eigenvalue weighted by atomic mass is 16.6. The number of fused-ring (bicyclic) bond motifs is 2. The Labute approximate surface area is 146 Å². The summed E-state index contributed by atoms with van der Waals surface area (Å²) in [5.41, 5.74) is 1.81. The van der Waals surface area contributed by atoms with Crippen LogP contribution in [0.2, 0.25) is 0 Å². The summed E-state index contributed by atoms with van der Waals surface area (Å²) >= 11 is 0. The Kier molecular flexibility index (Phi) is 4.14. The van der Waals surface area contributed by atoms with Gasteiger partial charge < -0.3 is 9.47 Å². The van der Waals surface area contributed by atoms with E-state index in [1.165, 1.54) is 4.90 Å². The number of esters is 1. The molecular weight excluding hydrogens is 318 g/mol. The van der Waals surface area contributed by atoms with Crippen LogP contribution < -0.4 is 0 Å². The van der Waals surface area contributed by atoms with Crippen molar-refractivity contribution < 1.29 is 19.1 Å². The molecular formula is C20H19NO4. The van der Waals surface area contributed by atoms with Crippen molar-refractivity contribution in [3.63, 3.8) is 0 Å². The average Bonchev–Trinajstić information content (AvgIpc) is 2.95. The van der Waals surface area contributed by atoms with Gasteiger partial charge in [-0.15, -0.1) is 0 Å². The Hall–Kier alpha value is -2.82. The van der Waals surface area contributed by atoms with Crippen molar-refractivity contribution in [2.75, 3.05) is 6.54 Å². The van der Waals surface area contributed by atoms with Crippen LogP contribution in [-0.4, -0.2) is 35.7 Å². The second-order valence-electron chi connectivity index (χ2n) is 6.39. The Balaban J connectivity index is 1.58. The van der Waals surface area contributed by atoms with Crippen LogP contribution in [0.4, 0.5) is 4.79 Å². The van der Waals surface area contributed by atoms with Gasteiger partial charge in [-0.05, 0) is 24.0 Å². The molecule has 2 heterocycles. The molecule has 2 bridgehead atoms. The first-order valence-electron chi connectivity index (χ1n) is 8.50. The molecule has 0 spiro atoms. The molecule has 2 aromatic carbocycles. The van der Waals surface area contributed by atoms with Crippen molar-refractivity contribution in [1.82, 2.24) is 4.90 Å². The summed E-state index contributed by atoms with van der Waals surface area (Å²) in [5, 5.41) is 0. The molecule has 25 heavy (non-hydrogen) atoms. The van der Waals surface area contributed by atoms with E-state index in [0.717, 1.165) is 11.1 Å². The lowest BCUT2D eigenvalue weighted by atomic mass is 10.00. The van der Waals surface area contributed by atoms with E-state index in [1.807, 2.05) is 60.7 Å². The van der Waals surface area contributed by atoms with Crippen LogP contribution in [0.1, 0.15) is 30.1 Å². The molecule has 2 saturated heterocycles. The summed E-state index contributed by atoms with van der Waals surface area (Å²) in [6.45, 7) is 0.472. The molecule has 5 nitrogen and oxygen atoms in total. The van der Waals surface area contributed by atoms with Crippen LogP contribution in [0, 0.1) is 0 Å². The molecule has 2 aliphatic heterocycles.